The molecule has 1 amide bonds. The van der Waals surface area contributed by atoms with Crippen molar-refractivity contribution in [1.29, 1.82) is 0 Å². The molecule has 2 nitrogen and oxygen atoms in total. The van der Waals surface area contributed by atoms with Gasteiger partial charge >= 0.3 is 0 Å². The Hall–Kier alpha value is -1.31. The highest BCUT2D eigenvalue weighted by Crippen LogP contribution is 2.29. The summed E-state index contributed by atoms with van der Waals surface area (Å²) in [6, 6.07) is 8.27. The maximum atomic E-state index is 11.2. The summed E-state index contributed by atoms with van der Waals surface area (Å²) in [4.78, 5) is 11.2. The third-order valence-corrected chi connectivity index (χ3v) is 4.01. The highest BCUT2D eigenvalue weighted by Gasteiger charge is 2.14. The number of nitrogens with two attached hydrogens (primary N) is 1. The van der Waals surface area contributed by atoms with Crippen molar-refractivity contribution in [3.63, 3.8) is 0 Å². The quantitative estimate of drug-likeness (QED) is 0.624. The summed E-state index contributed by atoms with van der Waals surface area (Å²) in [6.07, 6.45) is 9.29. The summed E-state index contributed by atoms with van der Waals surface area (Å²) < 4.78 is 0. The molecule has 0 bridgehead atoms. The number of benzene rings is 1. The fraction of sp³-hybridized carbons (Fsp3) is 0.611. The summed E-state index contributed by atoms with van der Waals surface area (Å²) in [5.41, 5.74) is 7.79. The number of carbonyl (C=O) groups excluding carboxylic acids is 1. The lowest BCUT2D eigenvalue weighted by Crippen LogP contribution is -2.15. The molecule has 0 heterocycles. The number of carbonyl (C=O) groups is 1. The Kier molecular flexibility index (Phi) is 8.01. The highest BCUT2D eigenvalue weighted by atomic mass is 16.1. The lowest BCUT2D eigenvalue weighted by molar-refractivity contribution is -0.117. The SMILES string of the molecule is CCCCCCCC(CC)c1ccccc1CC(N)=O. The molecule has 0 aliphatic carbocycles. The summed E-state index contributed by atoms with van der Waals surface area (Å²) in [7, 11) is 0. The van der Waals surface area contributed by atoms with Gasteiger partial charge in [-0.3, -0.25) is 4.79 Å². The van der Waals surface area contributed by atoms with Gasteiger partial charge in [0.05, 0.1) is 6.42 Å². The summed E-state index contributed by atoms with van der Waals surface area (Å²) in [6.45, 7) is 4.48. The van der Waals surface area contributed by atoms with Gasteiger partial charge in [0, 0.05) is 0 Å². The van der Waals surface area contributed by atoms with Crippen LogP contribution in [0.2, 0.25) is 0 Å². The van der Waals surface area contributed by atoms with Crippen molar-refractivity contribution >= 4 is 5.91 Å². The number of hydrogen-bond acceptors (Lipinski definition) is 1. The van der Waals surface area contributed by atoms with E-state index in [1.807, 2.05) is 12.1 Å². The van der Waals surface area contributed by atoms with Crippen molar-refractivity contribution in [3.05, 3.63) is 35.4 Å². The number of unbranched alkanes of at least 4 members (excludes halogenated alkanes) is 4. The zero-order valence-corrected chi connectivity index (χ0v) is 13.0. The second-order valence-electron chi connectivity index (χ2n) is 5.65. The molecule has 0 aliphatic rings. The maximum Gasteiger partial charge on any atom is 0.221 e. The lowest BCUT2D eigenvalue weighted by atomic mass is 9.87. The first-order valence-corrected chi connectivity index (χ1v) is 8.05. The predicted molar refractivity (Wildman–Crippen MR) is 85.7 cm³/mol. The first-order valence-electron chi connectivity index (χ1n) is 8.05. The monoisotopic (exact) mass is 275 g/mol. The smallest absolute Gasteiger partial charge is 0.221 e. The number of primary amides is 1. The van der Waals surface area contributed by atoms with Gasteiger partial charge in [-0.25, -0.2) is 0 Å². The van der Waals surface area contributed by atoms with Crippen LogP contribution in [0.1, 0.15) is 75.8 Å². The van der Waals surface area contributed by atoms with E-state index in [9.17, 15) is 4.79 Å². The first-order chi connectivity index (χ1) is 9.69. The van der Waals surface area contributed by atoms with Crippen LogP contribution in [0.3, 0.4) is 0 Å². The van der Waals surface area contributed by atoms with E-state index < -0.39 is 0 Å². The third kappa shape index (κ3) is 5.77. The highest BCUT2D eigenvalue weighted by molar-refractivity contribution is 5.77. The lowest BCUT2D eigenvalue weighted by Gasteiger charge is -2.18. The Labute approximate surface area is 123 Å². The largest absolute Gasteiger partial charge is 0.369 e. The van der Waals surface area contributed by atoms with Gasteiger partial charge in [-0.1, -0.05) is 70.2 Å². The van der Waals surface area contributed by atoms with E-state index in [2.05, 4.69) is 26.0 Å². The van der Waals surface area contributed by atoms with Crippen LogP contribution in [-0.2, 0) is 11.2 Å². The molecule has 1 atom stereocenters. The van der Waals surface area contributed by atoms with Gasteiger partial charge in [0.1, 0.15) is 0 Å². The average molecular weight is 275 g/mol. The van der Waals surface area contributed by atoms with Gasteiger partial charge in [0.15, 0.2) is 0 Å². The molecular formula is C18H29NO. The average Bonchev–Trinajstić information content (AvgIpc) is 2.43. The zero-order chi connectivity index (χ0) is 14.8. The number of amides is 1. The van der Waals surface area contributed by atoms with Crippen molar-refractivity contribution in [2.45, 2.75) is 71.1 Å². The molecule has 1 aromatic rings. The normalized spacial score (nSPS) is 12.3. The van der Waals surface area contributed by atoms with Crippen molar-refractivity contribution in [3.8, 4) is 0 Å². The van der Waals surface area contributed by atoms with Gasteiger partial charge < -0.3 is 5.73 Å². The van der Waals surface area contributed by atoms with Gasteiger partial charge in [-0.15, -0.1) is 0 Å². The van der Waals surface area contributed by atoms with Gasteiger partial charge in [-0.05, 0) is 29.9 Å². The fourth-order valence-electron chi connectivity index (χ4n) is 2.85. The molecule has 0 saturated heterocycles. The van der Waals surface area contributed by atoms with E-state index in [-0.39, 0.29) is 5.91 Å². The Balaban J connectivity index is 2.62. The van der Waals surface area contributed by atoms with Gasteiger partial charge in [0.25, 0.3) is 0 Å². The van der Waals surface area contributed by atoms with Crippen LogP contribution in [0.25, 0.3) is 0 Å². The van der Waals surface area contributed by atoms with E-state index in [1.54, 1.807) is 0 Å². The van der Waals surface area contributed by atoms with E-state index in [1.165, 1.54) is 44.1 Å². The molecule has 2 N–H and O–H groups in total. The molecule has 0 aromatic heterocycles. The molecule has 1 unspecified atom stereocenters. The molecular weight excluding hydrogens is 246 g/mol. The van der Waals surface area contributed by atoms with Gasteiger partial charge in [-0.2, -0.15) is 0 Å². The molecule has 112 valence electrons. The molecule has 1 rings (SSSR count). The second-order valence-corrected chi connectivity index (χ2v) is 5.65. The van der Waals surface area contributed by atoms with Crippen molar-refractivity contribution < 1.29 is 4.79 Å². The first kappa shape index (κ1) is 16.7. The molecule has 0 radical (unpaired) electrons. The fourth-order valence-corrected chi connectivity index (χ4v) is 2.85. The van der Waals surface area contributed by atoms with Crippen LogP contribution in [0.4, 0.5) is 0 Å². The second kappa shape index (κ2) is 9.57. The van der Waals surface area contributed by atoms with Crippen LogP contribution >= 0.6 is 0 Å². The van der Waals surface area contributed by atoms with E-state index in [0.29, 0.717) is 12.3 Å². The Morgan fingerprint density at radius 2 is 1.80 bits per heavy atom. The minimum atomic E-state index is -0.241. The van der Waals surface area contributed by atoms with Crippen molar-refractivity contribution in [1.82, 2.24) is 0 Å². The van der Waals surface area contributed by atoms with Gasteiger partial charge in [0.2, 0.25) is 5.91 Å². The number of rotatable bonds is 10. The third-order valence-electron chi connectivity index (χ3n) is 4.01. The molecule has 20 heavy (non-hydrogen) atoms. The van der Waals surface area contributed by atoms with E-state index in [4.69, 9.17) is 5.73 Å². The molecule has 2 heteroatoms. The maximum absolute atomic E-state index is 11.2. The van der Waals surface area contributed by atoms with Crippen LogP contribution in [0.5, 0.6) is 0 Å². The zero-order valence-electron chi connectivity index (χ0n) is 13.0. The Morgan fingerprint density at radius 1 is 1.10 bits per heavy atom. The summed E-state index contributed by atoms with van der Waals surface area (Å²) in [5, 5.41) is 0. The molecule has 0 aliphatic heterocycles. The van der Waals surface area contributed by atoms with Crippen molar-refractivity contribution in [2.24, 2.45) is 5.73 Å². The van der Waals surface area contributed by atoms with E-state index >= 15 is 0 Å². The van der Waals surface area contributed by atoms with Crippen LogP contribution < -0.4 is 5.73 Å². The van der Waals surface area contributed by atoms with Crippen LogP contribution in [0, 0.1) is 0 Å². The topological polar surface area (TPSA) is 43.1 Å². The summed E-state index contributed by atoms with van der Waals surface area (Å²) in [5.74, 6) is 0.322. The summed E-state index contributed by atoms with van der Waals surface area (Å²) >= 11 is 0. The molecule has 1 aromatic carbocycles. The molecule has 0 spiro atoms. The number of hydrogen-bond donors (Lipinski definition) is 1. The van der Waals surface area contributed by atoms with Crippen molar-refractivity contribution in [2.75, 3.05) is 0 Å². The Bertz CT molecular complexity index is 400. The van der Waals surface area contributed by atoms with Crippen LogP contribution in [-0.4, -0.2) is 5.91 Å². The molecule has 0 fully saturated rings. The minimum Gasteiger partial charge on any atom is -0.369 e. The standard InChI is InChI=1S/C18H29NO/c1-3-5-6-7-8-11-15(4-2)17-13-10-9-12-16(17)14-18(19)20/h9-10,12-13,15H,3-8,11,14H2,1-2H3,(H2,19,20). The minimum absolute atomic E-state index is 0.241. The predicted octanol–water partition coefficient (Wildman–Crippen LogP) is 4.57. The molecule has 0 saturated carbocycles. The van der Waals surface area contributed by atoms with E-state index in [0.717, 1.165) is 12.0 Å². The Morgan fingerprint density at radius 3 is 2.45 bits per heavy atom. The van der Waals surface area contributed by atoms with Crippen LogP contribution in [0.15, 0.2) is 24.3 Å².